The number of rotatable bonds is 5. The largest absolute Gasteiger partial charge is 0.445 e. The zero-order valence-electron chi connectivity index (χ0n) is 20.3. The summed E-state index contributed by atoms with van der Waals surface area (Å²) in [4.78, 5) is 44.0. The van der Waals surface area contributed by atoms with Crippen molar-refractivity contribution in [2.45, 2.75) is 31.9 Å². The number of likely N-dealkylation sites (tertiary alicyclic amines) is 1. The summed E-state index contributed by atoms with van der Waals surface area (Å²) in [6, 6.07) is 26.7. The number of benzene rings is 3. The normalized spacial score (nSPS) is 16.9. The summed E-state index contributed by atoms with van der Waals surface area (Å²) in [7, 11) is 0. The third-order valence-electron chi connectivity index (χ3n) is 7.15. The Bertz CT molecular complexity index is 1240. The summed E-state index contributed by atoms with van der Waals surface area (Å²) >= 11 is 0. The molecular formula is C29H29N3O4. The molecule has 0 N–H and O–H groups in total. The van der Waals surface area contributed by atoms with Gasteiger partial charge >= 0.3 is 6.09 Å². The number of piperidine rings is 1. The zero-order chi connectivity index (χ0) is 25.1. The average Bonchev–Trinajstić information content (AvgIpc) is 3.20. The molecule has 2 aliphatic heterocycles. The minimum Gasteiger partial charge on any atom is -0.445 e. The average molecular weight is 484 g/mol. The molecule has 2 aliphatic rings. The van der Waals surface area contributed by atoms with Gasteiger partial charge in [-0.15, -0.1) is 0 Å². The van der Waals surface area contributed by atoms with Crippen LogP contribution in [0.2, 0.25) is 0 Å². The van der Waals surface area contributed by atoms with Gasteiger partial charge in [-0.3, -0.25) is 14.5 Å². The number of ether oxygens (including phenoxy) is 1. The molecule has 0 unspecified atom stereocenters. The van der Waals surface area contributed by atoms with Crippen molar-refractivity contribution in [1.82, 2.24) is 4.90 Å². The molecule has 1 spiro atoms. The molecule has 36 heavy (non-hydrogen) atoms. The van der Waals surface area contributed by atoms with Crippen LogP contribution in [-0.4, -0.2) is 48.0 Å². The topological polar surface area (TPSA) is 70.2 Å². The molecule has 0 saturated carbocycles. The Hall–Kier alpha value is -4.13. The number of para-hydroxylation sites is 1. The Morgan fingerprint density at radius 3 is 2.06 bits per heavy atom. The highest BCUT2D eigenvalue weighted by Gasteiger charge is 2.54. The van der Waals surface area contributed by atoms with Gasteiger partial charge in [0.1, 0.15) is 12.1 Å². The van der Waals surface area contributed by atoms with E-state index >= 15 is 0 Å². The lowest BCUT2D eigenvalue weighted by molar-refractivity contribution is -0.123. The Kier molecular flexibility index (Phi) is 6.46. The molecule has 2 fully saturated rings. The molecule has 184 valence electrons. The van der Waals surface area contributed by atoms with Crippen LogP contribution in [0.25, 0.3) is 0 Å². The molecule has 2 amide bonds. The van der Waals surface area contributed by atoms with Gasteiger partial charge in [0.15, 0.2) is 5.78 Å². The summed E-state index contributed by atoms with van der Waals surface area (Å²) in [6.07, 6.45) is 0.647. The summed E-state index contributed by atoms with van der Waals surface area (Å²) < 4.78 is 5.53. The summed E-state index contributed by atoms with van der Waals surface area (Å²) in [5, 5.41) is 0. The predicted octanol–water partition coefficient (Wildman–Crippen LogP) is 4.87. The van der Waals surface area contributed by atoms with Crippen LogP contribution in [0.5, 0.6) is 0 Å². The van der Waals surface area contributed by atoms with Crippen LogP contribution in [0.3, 0.4) is 0 Å². The molecule has 3 aromatic carbocycles. The van der Waals surface area contributed by atoms with Crippen LogP contribution < -0.4 is 9.80 Å². The van der Waals surface area contributed by atoms with Crippen molar-refractivity contribution in [3.05, 3.63) is 96.1 Å². The summed E-state index contributed by atoms with van der Waals surface area (Å²) in [5.41, 5.74) is 2.52. The van der Waals surface area contributed by atoms with Gasteiger partial charge in [-0.05, 0) is 61.7 Å². The van der Waals surface area contributed by atoms with Gasteiger partial charge in [-0.2, -0.15) is 0 Å². The smallest absolute Gasteiger partial charge is 0.410 e. The van der Waals surface area contributed by atoms with E-state index in [2.05, 4.69) is 4.90 Å². The number of carbonyl (C=O) groups excluding carboxylic acids is 3. The maximum absolute atomic E-state index is 14.0. The highest BCUT2D eigenvalue weighted by Crippen LogP contribution is 2.41. The van der Waals surface area contributed by atoms with Crippen LogP contribution in [-0.2, 0) is 16.1 Å². The SMILES string of the molecule is CC(=O)c1ccc(N2CN(c3ccccc3)C3(CCN(C(=O)OCc4ccccc4)CC3)C2=O)cc1. The highest BCUT2D eigenvalue weighted by atomic mass is 16.6. The van der Waals surface area contributed by atoms with E-state index < -0.39 is 5.54 Å². The third-order valence-corrected chi connectivity index (χ3v) is 7.15. The van der Waals surface area contributed by atoms with E-state index in [9.17, 15) is 14.4 Å². The Morgan fingerprint density at radius 2 is 1.44 bits per heavy atom. The Morgan fingerprint density at radius 1 is 0.833 bits per heavy atom. The van der Waals surface area contributed by atoms with Gasteiger partial charge in [0, 0.05) is 30.0 Å². The molecular weight excluding hydrogens is 454 g/mol. The number of anilines is 2. The zero-order valence-corrected chi connectivity index (χ0v) is 20.3. The van der Waals surface area contributed by atoms with E-state index in [1.807, 2.05) is 72.8 Å². The minimum atomic E-state index is -0.753. The maximum atomic E-state index is 14.0. The molecule has 3 aromatic rings. The van der Waals surface area contributed by atoms with Crippen LogP contribution in [0.1, 0.15) is 35.7 Å². The number of nitrogens with zero attached hydrogens (tertiary/aromatic N) is 3. The number of amides is 2. The van der Waals surface area contributed by atoms with Crippen LogP contribution in [0.4, 0.5) is 16.2 Å². The maximum Gasteiger partial charge on any atom is 0.410 e. The number of carbonyl (C=O) groups is 3. The van der Waals surface area contributed by atoms with Crippen molar-refractivity contribution >= 4 is 29.2 Å². The Balaban J connectivity index is 1.34. The lowest BCUT2D eigenvalue weighted by atomic mass is 9.85. The molecule has 7 heteroatoms. The third kappa shape index (κ3) is 4.44. The highest BCUT2D eigenvalue weighted by molar-refractivity contribution is 6.06. The van der Waals surface area contributed by atoms with Crippen LogP contribution in [0.15, 0.2) is 84.9 Å². The van der Waals surface area contributed by atoms with E-state index in [4.69, 9.17) is 4.74 Å². The van der Waals surface area contributed by atoms with Crippen molar-refractivity contribution in [3.63, 3.8) is 0 Å². The number of hydrogen-bond donors (Lipinski definition) is 0. The quantitative estimate of drug-likeness (QED) is 0.484. The fraction of sp³-hybridized carbons (Fsp3) is 0.276. The lowest BCUT2D eigenvalue weighted by Gasteiger charge is -2.42. The first-order valence-corrected chi connectivity index (χ1v) is 12.2. The second-order valence-corrected chi connectivity index (χ2v) is 9.30. The van der Waals surface area contributed by atoms with Gasteiger partial charge in [0.25, 0.3) is 5.91 Å². The van der Waals surface area contributed by atoms with E-state index in [-0.39, 0.29) is 24.4 Å². The molecule has 2 heterocycles. The van der Waals surface area contributed by atoms with Crippen molar-refractivity contribution in [2.24, 2.45) is 0 Å². The first-order valence-electron chi connectivity index (χ1n) is 12.2. The first kappa shape index (κ1) is 23.6. The lowest BCUT2D eigenvalue weighted by Crippen LogP contribution is -2.57. The van der Waals surface area contributed by atoms with E-state index in [1.54, 1.807) is 21.9 Å². The summed E-state index contributed by atoms with van der Waals surface area (Å²) in [5.74, 6) is 0.00225. The van der Waals surface area contributed by atoms with Crippen molar-refractivity contribution in [1.29, 1.82) is 0 Å². The minimum absolute atomic E-state index is 0.0109. The second kappa shape index (κ2) is 9.85. The van der Waals surface area contributed by atoms with Crippen molar-refractivity contribution in [3.8, 4) is 0 Å². The van der Waals surface area contributed by atoms with Crippen molar-refractivity contribution < 1.29 is 19.1 Å². The second-order valence-electron chi connectivity index (χ2n) is 9.30. The molecule has 0 bridgehead atoms. The molecule has 0 atom stereocenters. The molecule has 0 aliphatic carbocycles. The molecule has 2 saturated heterocycles. The van der Waals surface area contributed by atoms with E-state index in [0.717, 1.165) is 16.9 Å². The van der Waals surface area contributed by atoms with Crippen LogP contribution in [0, 0.1) is 0 Å². The van der Waals surface area contributed by atoms with Gasteiger partial charge in [0.05, 0.1) is 6.67 Å². The number of ketones is 1. The van der Waals surface area contributed by atoms with Gasteiger partial charge in [-0.25, -0.2) is 4.79 Å². The monoisotopic (exact) mass is 483 g/mol. The molecule has 0 aromatic heterocycles. The van der Waals surface area contributed by atoms with Crippen LogP contribution >= 0.6 is 0 Å². The van der Waals surface area contributed by atoms with Gasteiger partial charge in [-0.1, -0.05) is 48.5 Å². The fourth-order valence-electron chi connectivity index (χ4n) is 5.07. The molecule has 7 nitrogen and oxygen atoms in total. The Labute approximate surface area is 210 Å². The van der Waals surface area contributed by atoms with Gasteiger partial charge in [0.2, 0.25) is 0 Å². The van der Waals surface area contributed by atoms with Gasteiger partial charge < -0.3 is 14.5 Å². The van der Waals surface area contributed by atoms with E-state index in [0.29, 0.717) is 38.2 Å². The first-order chi connectivity index (χ1) is 17.5. The van der Waals surface area contributed by atoms with E-state index in [1.165, 1.54) is 6.92 Å². The number of Topliss-reactive ketones (excluding diaryl/α,β-unsaturated/α-hetero) is 1. The number of hydrogen-bond acceptors (Lipinski definition) is 5. The summed E-state index contributed by atoms with van der Waals surface area (Å²) in [6.45, 7) is 3.02. The predicted molar refractivity (Wildman–Crippen MR) is 138 cm³/mol. The van der Waals surface area contributed by atoms with Crippen molar-refractivity contribution in [2.75, 3.05) is 29.6 Å². The molecule has 0 radical (unpaired) electrons. The fourth-order valence-corrected chi connectivity index (χ4v) is 5.07. The molecule has 5 rings (SSSR count). The standard InChI is InChI=1S/C29H29N3O4/c1-22(33)24-12-14-25(15-13-24)31-21-32(26-10-6-3-7-11-26)29(27(31)34)16-18-30(19-17-29)28(35)36-20-23-8-4-2-5-9-23/h2-15H,16-21H2,1H3.